The lowest BCUT2D eigenvalue weighted by Gasteiger charge is -2.64. The molecular weight excluding hydrogens is 763 g/mol. The van der Waals surface area contributed by atoms with Crippen molar-refractivity contribution in [1.29, 1.82) is 0 Å². The van der Waals surface area contributed by atoms with E-state index < -0.39 is 63.9 Å². The molecule has 60 heavy (non-hydrogen) atoms. The van der Waals surface area contributed by atoms with E-state index in [0.717, 1.165) is 44.1 Å². The SMILES string of the molecule is CCC[C@H]1CC[C@H]2[C@@H]3CCCC[C@](O)([C@](C)(O)[C@H]4CC[C@@]5(O)C6=C(NC[C@H](C)O)C(=O)[C@@H]7C[C@@H](O)[C@@H](O)C[C@]7(CCC7=CNC(N)C=C7)[C@H]6CC[C@]45CCO)[C@@H]3O[C@@H]2CC1. The van der Waals surface area contributed by atoms with E-state index in [1.54, 1.807) is 13.8 Å². The minimum absolute atomic E-state index is 0.0477. The molecule has 0 bridgehead atoms. The Hall–Kier alpha value is -1.87. The number of ether oxygens (including phenoxy) is 1. The predicted molar refractivity (Wildman–Crippen MR) is 228 cm³/mol. The van der Waals surface area contributed by atoms with Crippen LogP contribution >= 0.6 is 0 Å². The molecule has 17 atom stereocenters. The summed E-state index contributed by atoms with van der Waals surface area (Å²) < 4.78 is 7.04. The summed E-state index contributed by atoms with van der Waals surface area (Å²) in [5.74, 6) is -0.749. The van der Waals surface area contributed by atoms with Crippen LogP contribution < -0.4 is 16.4 Å². The molecule has 8 rings (SSSR count). The van der Waals surface area contributed by atoms with Gasteiger partial charge in [-0.2, -0.15) is 0 Å². The molecule has 11 N–H and O–H groups in total. The van der Waals surface area contributed by atoms with Gasteiger partial charge < -0.3 is 56.8 Å². The monoisotopic (exact) mass is 840 g/mol. The van der Waals surface area contributed by atoms with E-state index in [1.807, 2.05) is 18.4 Å². The van der Waals surface area contributed by atoms with Gasteiger partial charge >= 0.3 is 0 Å². The molecule has 2 aliphatic heterocycles. The van der Waals surface area contributed by atoms with Crippen LogP contribution in [0.25, 0.3) is 0 Å². The molecule has 6 aliphatic carbocycles. The van der Waals surface area contributed by atoms with Crippen LogP contribution in [0.1, 0.15) is 143 Å². The van der Waals surface area contributed by atoms with E-state index in [0.29, 0.717) is 55.9 Å². The first-order valence-corrected chi connectivity index (χ1v) is 24.0. The van der Waals surface area contributed by atoms with Crippen LogP contribution in [-0.4, -0.2) is 108 Å². The fourth-order valence-electron chi connectivity index (χ4n) is 15.4. The first-order valence-electron chi connectivity index (χ1n) is 24.0. The molecule has 338 valence electrons. The van der Waals surface area contributed by atoms with Crippen LogP contribution in [0.4, 0.5) is 0 Å². The lowest BCUT2D eigenvalue weighted by atomic mass is 9.42. The number of nitrogens with two attached hydrogens (primary N) is 1. The molecule has 6 fully saturated rings. The Kier molecular flexibility index (Phi) is 12.6. The lowest BCUT2D eigenvalue weighted by Crippen LogP contribution is -2.69. The molecular formula is C48H77N3O9. The summed E-state index contributed by atoms with van der Waals surface area (Å²) in [5.41, 5.74) is 0.956. The van der Waals surface area contributed by atoms with Crippen molar-refractivity contribution >= 4 is 5.78 Å². The maximum Gasteiger partial charge on any atom is 0.182 e. The van der Waals surface area contributed by atoms with E-state index in [-0.39, 0.29) is 74.4 Å². The third-order valence-electron chi connectivity index (χ3n) is 18.3. The van der Waals surface area contributed by atoms with Crippen LogP contribution in [0, 0.1) is 46.3 Å². The summed E-state index contributed by atoms with van der Waals surface area (Å²) in [6, 6.07) is 0. The van der Waals surface area contributed by atoms with Gasteiger partial charge in [-0.15, -0.1) is 0 Å². The average Bonchev–Trinajstić information content (AvgIpc) is 3.57. The van der Waals surface area contributed by atoms with Gasteiger partial charge in [-0.25, -0.2) is 0 Å². The molecule has 0 amide bonds. The van der Waals surface area contributed by atoms with Gasteiger partial charge in [-0.05, 0) is 156 Å². The standard InChI is InChI=1S/C48H77N3O9/c1-4-7-29-9-12-31-32-8-5-6-18-48(59,43(32)60-37(31)13-10-29)44(3,57)38-17-21-47(58)40-33(16-20-46(38,47)22-23-52)45(19-15-30-11-14-39(49)50-27-30)25-36(55)35(54)24-34(45)42(56)41(40)51-26-28(2)53/h11,14,27-29,31-39,43,50-55,57-59H,4-10,12-13,15-26,49H2,1-3H3/t28-,29-,31-,32-,33-,34-,35+,36-,37+,38+,39?,43+,44+,45+,46-,47+,48+/m0/s1. The van der Waals surface area contributed by atoms with Crippen molar-refractivity contribution < 1.29 is 45.3 Å². The number of aliphatic hydroxyl groups excluding tert-OH is 4. The molecule has 0 aromatic carbocycles. The van der Waals surface area contributed by atoms with Gasteiger partial charge in [-0.3, -0.25) is 4.79 Å². The molecule has 12 heteroatoms. The highest BCUT2D eigenvalue weighted by atomic mass is 16.5. The molecule has 1 saturated heterocycles. The van der Waals surface area contributed by atoms with Gasteiger partial charge in [0.15, 0.2) is 5.78 Å². The molecule has 1 unspecified atom stereocenters. The molecule has 0 spiro atoms. The lowest BCUT2D eigenvalue weighted by molar-refractivity contribution is -0.256. The topological polar surface area (TPSA) is 218 Å². The maximum atomic E-state index is 15.2. The van der Waals surface area contributed by atoms with Crippen molar-refractivity contribution in [3.05, 3.63) is 35.2 Å². The molecule has 0 radical (unpaired) electrons. The summed E-state index contributed by atoms with van der Waals surface area (Å²) in [6.07, 6.45) is 14.8. The quantitative estimate of drug-likeness (QED) is 0.135. The first kappa shape index (κ1) is 44.7. The highest BCUT2D eigenvalue weighted by Crippen LogP contribution is 2.72. The van der Waals surface area contributed by atoms with Gasteiger partial charge in [-0.1, -0.05) is 45.1 Å². The highest BCUT2D eigenvalue weighted by Gasteiger charge is 2.75. The number of hydrogen-bond donors (Lipinski definition) is 10. The van der Waals surface area contributed by atoms with Gasteiger partial charge in [0, 0.05) is 30.7 Å². The molecule has 5 saturated carbocycles. The molecule has 0 aromatic heterocycles. The van der Waals surface area contributed by atoms with Crippen molar-refractivity contribution in [3.8, 4) is 0 Å². The van der Waals surface area contributed by atoms with E-state index in [2.05, 4.69) is 17.6 Å². The number of ketones is 1. The average molecular weight is 840 g/mol. The molecule has 2 heterocycles. The number of hydrogen-bond acceptors (Lipinski definition) is 12. The first-order chi connectivity index (χ1) is 28.6. The van der Waals surface area contributed by atoms with Gasteiger partial charge in [0.1, 0.15) is 5.60 Å². The predicted octanol–water partition coefficient (Wildman–Crippen LogP) is 3.99. The second-order valence-corrected chi connectivity index (χ2v) is 21.2. The summed E-state index contributed by atoms with van der Waals surface area (Å²) in [5, 5.41) is 91.2. The Morgan fingerprint density at radius 1 is 1.00 bits per heavy atom. The van der Waals surface area contributed by atoms with E-state index in [4.69, 9.17) is 10.5 Å². The van der Waals surface area contributed by atoms with Crippen molar-refractivity contribution in [1.82, 2.24) is 10.6 Å². The Morgan fingerprint density at radius 3 is 2.50 bits per heavy atom. The zero-order valence-corrected chi connectivity index (χ0v) is 36.5. The smallest absolute Gasteiger partial charge is 0.182 e. The number of carbonyl (C=O) groups excluding carboxylic acids is 1. The van der Waals surface area contributed by atoms with Crippen LogP contribution in [-0.2, 0) is 9.53 Å². The van der Waals surface area contributed by atoms with Crippen molar-refractivity contribution in [3.63, 3.8) is 0 Å². The third kappa shape index (κ3) is 7.09. The van der Waals surface area contributed by atoms with Gasteiger partial charge in [0.2, 0.25) is 0 Å². The number of allylic oxidation sites excluding steroid dienone is 3. The summed E-state index contributed by atoms with van der Waals surface area (Å²) >= 11 is 0. The highest BCUT2D eigenvalue weighted by molar-refractivity contribution is 6.00. The van der Waals surface area contributed by atoms with E-state index in [9.17, 15) is 35.7 Å². The van der Waals surface area contributed by atoms with Crippen LogP contribution in [0.15, 0.2) is 35.2 Å². The molecule has 8 aliphatic rings. The van der Waals surface area contributed by atoms with Gasteiger partial charge in [0.05, 0.1) is 53.6 Å². The Bertz CT molecular complexity index is 1680. The van der Waals surface area contributed by atoms with Crippen LogP contribution in [0.2, 0.25) is 0 Å². The number of rotatable bonds is 12. The number of fused-ring (bicyclic) bond motifs is 8. The number of carbonyl (C=O) groups is 1. The summed E-state index contributed by atoms with van der Waals surface area (Å²) in [7, 11) is 0. The minimum Gasteiger partial charge on any atom is -0.396 e. The molecule has 12 nitrogen and oxygen atoms in total. The van der Waals surface area contributed by atoms with Gasteiger partial charge in [0.25, 0.3) is 0 Å². The zero-order valence-electron chi connectivity index (χ0n) is 36.5. The number of dihydropyridines is 1. The Labute approximate surface area is 357 Å². The second kappa shape index (κ2) is 16.9. The Balaban J connectivity index is 1.20. The normalized spacial score (nSPS) is 46.7. The number of nitrogens with one attached hydrogen (secondary N) is 2. The van der Waals surface area contributed by atoms with Crippen LogP contribution in [0.5, 0.6) is 0 Å². The fourth-order valence-corrected chi connectivity index (χ4v) is 15.4. The van der Waals surface area contributed by atoms with Crippen molar-refractivity contribution in [2.45, 2.75) is 196 Å². The fraction of sp³-hybridized carbons (Fsp3) is 0.854. The van der Waals surface area contributed by atoms with E-state index >= 15 is 4.79 Å². The number of Topliss-reactive ketones (excluding diaryl/α,β-unsaturated/α-hetero) is 1. The van der Waals surface area contributed by atoms with Crippen molar-refractivity contribution in [2.75, 3.05) is 13.2 Å². The zero-order chi connectivity index (χ0) is 42.8. The van der Waals surface area contributed by atoms with Crippen LogP contribution in [0.3, 0.4) is 0 Å². The summed E-state index contributed by atoms with van der Waals surface area (Å²) in [4.78, 5) is 15.2. The third-order valence-corrected chi connectivity index (χ3v) is 18.3. The van der Waals surface area contributed by atoms with E-state index in [1.165, 1.54) is 19.3 Å². The van der Waals surface area contributed by atoms with Crippen molar-refractivity contribution in [2.24, 2.45) is 52.1 Å². The summed E-state index contributed by atoms with van der Waals surface area (Å²) in [6.45, 7) is 5.47. The molecule has 0 aromatic rings. The Morgan fingerprint density at radius 2 is 1.78 bits per heavy atom. The second-order valence-electron chi connectivity index (χ2n) is 21.2. The maximum absolute atomic E-state index is 15.2. The number of aliphatic hydroxyl groups is 7. The largest absolute Gasteiger partial charge is 0.396 e. The minimum atomic E-state index is -1.72.